The van der Waals surface area contributed by atoms with Crippen LogP contribution in [0.2, 0.25) is 0 Å². The number of aromatic nitrogens is 2. The first kappa shape index (κ1) is 18.4. The summed E-state index contributed by atoms with van der Waals surface area (Å²) in [6.45, 7) is 4.03. The molecule has 2 aromatic carbocycles. The van der Waals surface area contributed by atoms with Crippen molar-refractivity contribution in [1.29, 1.82) is 5.26 Å². The summed E-state index contributed by atoms with van der Waals surface area (Å²) in [4.78, 5) is 21.4. The largest absolute Gasteiger partial charge is 0.301 e. The Morgan fingerprint density at radius 2 is 2.00 bits per heavy atom. The minimum absolute atomic E-state index is 0.161. The van der Waals surface area contributed by atoms with Crippen molar-refractivity contribution in [2.75, 3.05) is 11.1 Å². The topological polar surface area (TPSA) is 78.7 Å². The van der Waals surface area contributed by atoms with Crippen LogP contribution >= 0.6 is 23.1 Å². The number of aryl methyl sites for hydroxylation is 2. The number of carbonyl (C=O) groups is 1. The fourth-order valence-corrected chi connectivity index (χ4v) is 4.66. The third-order valence-electron chi connectivity index (χ3n) is 4.25. The van der Waals surface area contributed by atoms with Crippen LogP contribution in [-0.4, -0.2) is 21.6 Å². The molecule has 0 saturated carbocycles. The minimum atomic E-state index is -0.171. The van der Waals surface area contributed by atoms with Crippen LogP contribution in [-0.2, 0) is 4.79 Å². The molecule has 0 atom stereocenters. The lowest BCUT2D eigenvalue weighted by Crippen LogP contribution is -2.14. The second-order valence-corrected chi connectivity index (χ2v) is 8.42. The van der Waals surface area contributed by atoms with Crippen LogP contribution in [0.15, 0.2) is 47.5 Å². The predicted octanol–water partition coefficient (Wildman–Crippen LogP) is 5.06. The van der Waals surface area contributed by atoms with Gasteiger partial charge in [-0.05, 0) is 49.2 Å². The van der Waals surface area contributed by atoms with E-state index in [1.807, 2.05) is 50.2 Å². The molecule has 1 amide bonds. The molecule has 2 heterocycles. The van der Waals surface area contributed by atoms with Crippen LogP contribution < -0.4 is 5.32 Å². The van der Waals surface area contributed by atoms with Crippen molar-refractivity contribution >= 4 is 55.3 Å². The maximum Gasteiger partial charge on any atom is 0.236 e. The third-order valence-corrected chi connectivity index (χ3v) is 6.19. The molecule has 0 unspecified atom stereocenters. The van der Waals surface area contributed by atoms with Crippen LogP contribution in [0.5, 0.6) is 0 Å². The zero-order valence-corrected chi connectivity index (χ0v) is 16.9. The van der Waals surface area contributed by atoms with Crippen molar-refractivity contribution in [2.45, 2.75) is 18.9 Å². The summed E-state index contributed by atoms with van der Waals surface area (Å²) in [5.74, 6) is -0.0104. The number of fused-ring (bicyclic) bond motifs is 2. The van der Waals surface area contributed by atoms with Gasteiger partial charge in [-0.3, -0.25) is 4.79 Å². The van der Waals surface area contributed by atoms with Gasteiger partial charge in [-0.15, -0.1) is 0 Å². The van der Waals surface area contributed by atoms with Crippen LogP contribution in [0.25, 0.3) is 21.1 Å². The number of nitriles is 1. The summed E-state index contributed by atoms with van der Waals surface area (Å²) in [5, 5.41) is 14.4. The van der Waals surface area contributed by atoms with Gasteiger partial charge in [-0.1, -0.05) is 41.3 Å². The number of thioether (sulfide) groups is 1. The molecule has 0 bridgehead atoms. The summed E-state index contributed by atoms with van der Waals surface area (Å²) in [7, 11) is 0. The van der Waals surface area contributed by atoms with E-state index in [4.69, 9.17) is 0 Å². The van der Waals surface area contributed by atoms with Gasteiger partial charge in [0.2, 0.25) is 5.91 Å². The normalized spacial score (nSPS) is 10.9. The monoisotopic (exact) mass is 404 g/mol. The molecular formula is C21H16N4OS2. The molecule has 138 valence electrons. The zero-order chi connectivity index (χ0) is 19.7. The highest BCUT2D eigenvalue weighted by Gasteiger charge is 2.13. The molecule has 5 nitrogen and oxygen atoms in total. The molecule has 4 rings (SSSR count). The number of carbonyl (C=O) groups excluding carboxylic acids is 1. The van der Waals surface area contributed by atoms with Gasteiger partial charge in [0.05, 0.1) is 27.0 Å². The van der Waals surface area contributed by atoms with E-state index in [0.717, 1.165) is 32.2 Å². The number of anilines is 1. The summed E-state index contributed by atoms with van der Waals surface area (Å²) in [6.07, 6.45) is 0. The molecule has 4 aromatic rings. The highest BCUT2D eigenvalue weighted by atomic mass is 32.2. The number of thiazole rings is 1. The van der Waals surface area contributed by atoms with Gasteiger partial charge in [0.15, 0.2) is 5.13 Å². The van der Waals surface area contributed by atoms with Crippen molar-refractivity contribution in [3.8, 4) is 6.07 Å². The summed E-state index contributed by atoms with van der Waals surface area (Å²) in [5.41, 5.74) is 4.39. The van der Waals surface area contributed by atoms with E-state index in [1.54, 1.807) is 0 Å². The number of hydrogen-bond acceptors (Lipinski definition) is 6. The standard InChI is InChI=1S/C21H16N4OS2/c1-12-7-13(2)15-9-14(10-22)20(23-17(15)8-12)27-11-19(26)25-21-24-16-5-3-4-6-18(16)28-21/h3-9H,11H2,1-2H3,(H,24,25,26). The fourth-order valence-electron chi connectivity index (χ4n) is 3.02. The molecule has 0 saturated heterocycles. The van der Waals surface area contributed by atoms with E-state index in [-0.39, 0.29) is 11.7 Å². The van der Waals surface area contributed by atoms with Crippen molar-refractivity contribution < 1.29 is 4.79 Å². The molecule has 0 fully saturated rings. The Morgan fingerprint density at radius 3 is 2.79 bits per heavy atom. The van der Waals surface area contributed by atoms with Gasteiger partial charge in [-0.2, -0.15) is 5.26 Å². The average Bonchev–Trinajstić information content (AvgIpc) is 3.07. The number of benzene rings is 2. The Hall–Kier alpha value is -2.95. The number of hydrogen-bond donors (Lipinski definition) is 1. The SMILES string of the molecule is Cc1cc(C)c2cc(C#N)c(SCC(=O)Nc3nc4ccccc4s3)nc2c1. The lowest BCUT2D eigenvalue weighted by Gasteiger charge is -2.08. The van der Waals surface area contributed by atoms with Crippen LogP contribution in [0, 0.1) is 25.2 Å². The van der Waals surface area contributed by atoms with E-state index in [2.05, 4.69) is 27.4 Å². The lowest BCUT2D eigenvalue weighted by molar-refractivity contribution is -0.113. The number of rotatable bonds is 4. The first-order valence-electron chi connectivity index (χ1n) is 8.64. The summed E-state index contributed by atoms with van der Waals surface area (Å²) >= 11 is 2.70. The average molecular weight is 405 g/mol. The maximum absolute atomic E-state index is 12.4. The number of nitrogens with one attached hydrogen (secondary N) is 1. The third kappa shape index (κ3) is 3.70. The molecule has 0 aliphatic carbocycles. The Labute approximate surface area is 170 Å². The van der Waals surface area contributed by atoms with Gasteiger partial charge in [0, 0.05) is 5.39 Å². The molecule has 0 aliphatic heterocycles. The van der Waals surface area contributed by atoms with Crippen LogP contribution in [0.3, 0.4) is 0 Å². The van der Waals surface area contributed by atoms with Crippen molar-refractivity contribution in [1.82, 2.24) is 9.97 Å². The number of nitrogens with zero attached hydrogens (tertiary/aromatic N) is 3. The summed E-state index contributed by atoms with van der Waals surface area (Å²) in [6, 6.07) is 15.9. The quantitative estimate of drug-likeness (QED) is 0.481. The Balaban J connectivity index is 1.52. The van der Waals surface area contributed by atoms with E-state index in [0.29, 0.717) is 15.7 Å². The Bertz CT molecular complexity index is 1220. The smallest absolute Gasteiger partial charge is 0.236 e. The van der Waals surface area contributed by atoms with E-state index in [9.17, 15) is 10.1 Å². The highest BCUT2D eigenvalue weighted by molar-refractivity contribution is 8.00. The molecule has 0 radical (unpaired) electrons. The number of pyridine rings is 1. The van der Waals surface area contributed by atoms with Crippen molar-refractivity contribution in [3.63, 3.8) is 0 Å². The molecule has 0 spiro atoms. The molecule has 28 heavy (non-hydrogen) atoms. The minimum Gasteiger partial charge on any atom is -0.301 e. The second kappa shape index (κ2) is 7.58. The van der Waals surface area contributed by atoms with Gasteiger partial charge < -0.3 is 5.32 Å². The number of amides is 1. The van der Waals surface area contributed by atoms with E-state index in [1.165, 1.54) is 23.1 Å². The molecular weight excluding hydrogens is 388 g/mol. The van der Waals surface area contributed by atoms with Gasteiger partial charge in [-0.25, -0.2) is 9.97 Å². The molecule has 7 heteroatoms. The first-order valence-corrected chi connectivity index (χ1v) is 10.4. The maximum atomic E-state index is 12.4. The molecule has 0 aliphatic rings. The molecule has 1 N–H and O–H groups in total. The van der Waals surface area contributed by atoms with Crippen molar-refractivity contribution in [2.24, 2.45) is 0 Å². The predicted molar refractivity (Wildman–Crippen MR) is 115 cm³/mol. The zero-order valence-electron chi connectivity index (χ0n) is 15.3. The van der Waals surface area contributed by atoms with Crippen LogP contribution in [0.1, 0.15) is 16.7 Å². The van der Waals surface area contributed by atoms with Crippen molar-refractivity contribution in [3.05, 3.63) is 59.2 Å². The Morgan fingerprint density at radius 1 is 1.18 bits per heavy atom. The van der Waals surface area contributed by atoms with Gasteiger partial charge in [0.1, 0.15) is 11.1 Å². The fraction of sp³-hybridized carbons (Fsp3) is 0.143. The number of para-hydroxylation sites is 1. The van der Waals surface area contributed by atoms with Gasteiger partial charge >= 0.3 is 0 Å². The second-order valence-electron chi connectivity index (χ2n) is 6.42. The highest BCUT2D eigenvalue weighted by Crippen LogP contribution is 2.28. The Kier molecular flexibility index (Phi) is 4.99. The van der Waals surface area contributed by atoms with E-state index < -0.39 is 0 Å². The lowest BCUT2D eigenvalue weighted by atomic mass is 10.1. The first-order chi connectivity index (χ1) is 13.5. The van der Waals surface area contributed by atoms with Crippen LogP contribution in [0.4, 0.5) is 5.13 Å². The summed E-state index contributed by atoms with van der Waals surface area (Å²) < 4.78 is 1.03. The van der Waals surface area contributed by atoms with Gasteiger partial charge in [0.25, 0.3) is 0 Å². The molecule has 2 aromatic heterocycles. The van der Waals surface area contributed by atoms with E-state index >= 15 is 0 Å².